The van der Waals surface area contributed by atoms with Gasteiger partial charge in [0.1, 0.15) is 33.4 Å². The number of nitrogens with one attached hydrogen (secondary N) is 5. The number of amides is 5. The summed E-state index contributed by atoms with van der Waals surface area (Å²) in [5.74, 6) is -5.29. The van der Waals surface area contributed by atoms with E-state index in [1.54, 1.807) is 50.6 Å². The number of nitrogens with two attached hydrogens (primary N) is 1. The fraction of sp³-hybridized carbons (Fsp3) is 0.203. The molecule has 9 aromatic rings. The van der Waals surface area contributed by atoms with Crippen LogP contribution in [0.3, 0.4) is 0 Å². The fourth-order valence-electron chi connectivity index (χ4n) is 8.62. The van der Waals surface area contributed by atoms with Crippen LogP contribution in [-0.4, -0.2) is 162 Å². The maximum Gasteiger partial charge on any atom is 0.325 e. The van der Waals surface area contributed by atoms with E-state index in [1.807, 2.05) is 105 Å². The molecule has 0 aliphatic carbocycles. The van der Waals surface area contributed by atoms with Gasteiger partial charge in [-0.15, -0.1) is 0 Å². The number of carboxylic acid groups (broad SMARTS) is 2. The molecule has 6 aromatic carbocycles. The number of carbonyl (C=O) groups excluding carboxylic acids is 7. The van der Waals surface area contributed by atoms with Crippen molar-refractivity contribution in [3.8, 4) is 35.3 Å². The number of halogens is 3. The van der Waals surface area contributed by atoms with Gasteiger partial charge in [0.2, 0.25) is 29.5 Å². The van der Waals surface area contributed by atoms with Crippen LogP contribution in [0.2, 0.25) is 0 Å². The molecular formula is C64H58Br3N15O13S3. The molecule has 9 rings (SSSR count). The van der Waals surface area contributed by atoms with E-state index in [-0.39, 0.29) is 68.4 Å². The monoisotopic (exact) mass is 1580 g/mol. The van der Waals surface area contributed by atoms with Crippen LogP contribution in [0.15, 0.2) is 157 Å². The Morgan fingerprint density at radius 2 is 0.745 bits per heavy atom. The zero-order valence-electron chi connectivity index (χ0n) is 51.7. The normalized spacial score (nSPS) is 10.3. The molecule has 0 spiro atoms. The molecule has 0 saturated heterocycles. The van der Waals surface area contributed by atoms with E-state index in [0.29, 0.717) is 48.0 Å². The lowest BCUT2D eigenvalue weighted by Gasteiger charge is -2.13. The number of nitriles is 3. The van der Waals surface area contributed by atoms with Crippen molar-refractivity contribution in [2.24, 2.45) is 5.73 Å². The predicted molar refractivity (Wildman–Crippen MR) is 375 cm³/mol. The zero-order chi connectivity index (χ0) is 71.3. The quantitative estimate of drug-likeness (QED) is 0.0209. The average Bonchev–Trinajstić information content (AvgIpc) is 1.38. The molecule has 0 saturated carbocycles. The standard InChI is InChI=1S/C22H20BrN5O4S.C20H16BrN5O4S.C16H10BrN3O2S.C6H12N2O3/c1-2-32-21(31)12-26-19(29)11-25-20(30)13-33-22-27-10-18(23)28(22)17-8-7-14(9-24)15-5-3-4-6-16(15)17;21-16-8-25-20(31-11-18(28)23-9-17(27)24-10-19(29)30)26(16)15-6-5-12(7-22)13-3-1-2-4-14(13)15;17-14-8-19-16(23-9-15(21)22)20(14)13-6-5-10(7-18)11-3-1-2-4-12(11)13;1-2-11-6(10)4-8-5(9)3-7/h3-8,10H,2,11-13H2,1H3,(H,25,30)(H,26,29);1-6,8H,9-11H2,(H,23,28)(H,24,27)(H,29,30);1-6,8H,9H2,(H,21,22);2-4,7H2,1H3,(H,8,9). The first-order valence-electron chi connectivity index (χ1n) is 28.8. The predicted octanol–water partition coefficient (Wildman–Crippen LogP) is 7.08. The lowest BCUT2D eigenvalue weighted by Crippen LogP contribution is -2.40. The highest BCUT2D eigenvalue weighted by atomic mass is 79.9. The Morgan fingerprint density at radius 1 is 0.439 bits per heavy atom. The van der Waals surface area contributed by atoms with Crippen molar-refractivity contribution in [2.75, 3.05) is 69.7 Å². The van der Waals surface area contributed by atoms with Crippen molar-refractivity contribution in [1.29, 1.82) is 15.8 Å². The molecule has 0 unspecified atom stereocenters. The Morgan fingerprint density at radius 3 is 1.05 bits per heavy atom. The van der Waals surface area contributed by atoms with E-state index in [2.05, 4.69) is 112 Å². The van der Waals surface area contributed by atoms with Crippen molar-refractivity contribution in [3.63, 3.8) is 0 Å². The van der Waals surface area contributed by atoms with E-state index in [0.717, 1.165) is 65.7 Å². The second-order valence-electron chi connectivity index (χ2n) is 19.3. The van der Waals surface area contributed by atoms with Gasteiger partial charge in [-0.2, -0.15) is 15.8 Å². The molecule has 5 amide bonds. The van der Waals surface area contributed by atoms with Crippen molar-refractivity contribution in [2.45, 2.75) is 29.3 Å². The molecule has 9 N–H and O–H groups in total. The van der Waals surface area contributed by atoms with Crippen LogP contribution >= 0.6 is 83.1 Å². The van der Waals surface area contributed by atoms with Gasteiger partial charge in [-0.1, -0.05) is 108 Å². The van der Waals surface area contributed by atoms with Crippen LogP contribution in [-0.2, 0) is 52.6 Å². The number of hydrogen-bond acceptors (Lipinski definition) is 21. The minimum absolute atomic E-state index is 0.00384. The smallest absolute Gasteiger partial charge is 0.325 e. The summed E-state index contributed by atoms with van der Waals surface area (Å²) in [4.78, 5) is 114. The van der Waals surface area contributed by atoms with Crippen LogP contribution in [0.4, 0.5) is 0 Å². The summed E-state index contributed by atoms with van der Waals surface area (Å²) in [7, 11) is 0. The SMILES string of the molecule is CCOC(=O)CNC(=O)CN.CCOC(=O)CNC(=O)CNC(=O)CSc1ncc(Br)n1-c1ccc(C#N)c2ccccc12.N#Cc1ccc(-n2c(Br)cnc2SCC(=O)NCC(=O)NCC(=O)O)c2ccccc12.N#Cc1ccc(-n2c(Br)cnc2SCC(=O)O)c2ccccc12. The van der Waals surface area contributed by atoms with Gasteiger partial charge in [-0.05, 0) is 98.0 Å². The molecule has 0 aliphatic heterocycles. The number of carbonyl (C=O) groups is 9. The van der Waals surface area contributed by atoms with Gasteiger partial charge >= 0.3 is 23.9 Å². The first-order valence-corrected chi connectivity index (χ1v) is 34.1. The molecule has 28 nitrogen and oxygen atoms in total. The Hall–Kier alpha value is -10.1. The van der Waals surface area contributed by atoms with Gasteiger partial charge in [0.25, 0.3) is 0 Å². The number of aliphatic carboxylic acids is 2. The van der Waals surface area contributed by atoms with Crippen LogP contribution in [0.5, 0.6) is 0 Å². The molecule has 0 radical (unpaired) electrons. The topological polar surface area (TPSA) is 424 Å². The molecule has 34 heteroatoms. The third-order valence-electron chi connectivity index (χ3n) is 12.8. The van der Waals surface area contributed by atoms with E-state index < -0.39 is 48.1 Å². The molecule has 3 aromatic heterocycles. The molecule has 0 aliphatic rings. The number of fused-ring (bicyclic) bond motifs is 3. The number of thioether (sulfide) groups is 3. The fourth-order valence-corrected chi connectivity index (χ4v) is 12.7. The Balaban J connectivity index is 0.000000218. The number of aromatic nitrogens is 6. The lowest BCUT2D eigenvalue weighted by atomic mass is 10.0. The maximum atomic E-state index is 12.2. The van der Waals surface area contributed by atoms with Gasteiger partial charge < -0.3 is 52.0 Å². The van der Waals surface area contributed by atoms with Crippen LogP contribution in [0, 0.1) is 34.0 Å². The third kappa shape index (κ3) is 22.2. The number of hydrogen-bond donors (Lipinski definition) is 8. The first kappa shape index (κ1) is 76.9. The number of nitrogens with zero attached hydrogens (tertiary/aromatic N) is 9. The van der Waals surface area contributed by atoms with Crippen molar-refractivity contribution in [3.05, 3.63) is 158 Å². The minimum atomic E-state index is -1.16. The number of rotatable bonds is 25. The summed E-state index contributed by atoms with van der Waals surface area (Å²) in [6, 6.07) is 40.1. The molecule has 98 heavy (non-hydrogen) atoms. The third-order valence-corrected chi connectivity index (χ3v) is 17.3. The minimum Gasteiger partial charge on any atom is -0.481 e. The van der Waals surface area contributed by atoms with Crippen molar-refractivity contribution >= 4 is 169 Å². The largest absolute Gasteiger partial charge is 0.481 e. The summed E-state index contributed by atoms with van der Waals surface area (Å²) in [5.41, 5.74) is 9.16. The summed E-state index contributed by atoms with van der Waals surface area (Å²) >= 11 is 14.0. The maximum absolute atomic E-state index is 12.2. The second-order valence-corrected chi connectivity index (χ2v) is 24.6. The highest BCUT2D eigenvalue weighted by Gasteiger charge is 2.21. The van der Waals surface area contributed by atoms with Gasteiger partial charge in [0.15, 0.2) is 15.5 Å². The van der Waals surface area contributed by atoms with Crippen LogP contribution in [0.25, 0.3) is 49.4 Å². The second kappa shape index (κ2) is 39.2. The number of esters is 2. The van der Waals surface area contributed by atoms with Crippen molar-refractivity contribution in [1.82, 2.24) is 55.2 Å². The average molecular weight is 1580 g/mol. The Kier molecular flexibility index (Phi) is 30.7. The number of benzene rings is 6. The molecule has 506 valence electrons. The zero-order valence-corrected chi connectivity index (χ0v) is 59.0. The van der Waals surface area contributed by atoms with Gasteiger partial charge in [0.05, 0.1) is 121 Å². The molecule has 0 bridgehead atoms. The Labute approximate surface area is 596 Å². The first-order chi connectivity index (χ1) is 47.2. The number of carboxylic acids is 2. The van der Waals surface area contributed by atoms with E-state index in [1.165, 1.54) is 23.5 Å². The van der Waals surface area contributed by atoms with E-state index >= 15 is 0 Å². The number of imidazole rings is 3. The highest BCUT2D eigenvalue weighted by Crippen LogP contribution is 2.35. The van der Waals surface area contributed by atoms with Gasteiger partial charge in [0, 0.05) is 32.3 Å². The Bertz CT molecular complexity index is 4570. The summed E-state index contributed by atoms with van der Waals surface area (Å²) in [6.07, 6.45) is 4.89. The summed E-state index contributed by atoms with van der Waals surface area (Å²) < 4.78 is 16.9. The summed E-state index contributed by atoms with van der Waals surface area (Å²) in [5, 5.41) is 64.0. The van der Waals surface area contributed by atoms with Gasteiger partial charge in [-0.3, -0.25) is 56.9 Å². The van der Waals surface area contributed by atoms with E-state index in [4.69, 9.17) is 20.7 Å². The summed E-state index contributed by atoms with van der Waals surface area (Å²) in [6.45, 7) is 2.37. The van der Waals surface area contributed by atoms with Crippen LogP contribution in [0.1, 0.15) is 30.5 Å². The molecular weight excluding hydrogens is 1520 g/mol. The number of ether oxygens (including phenoxy) is 2. The van der Waals surface area contributed by atoms with Gasteiger partial charge in [-0.25, -0.2) is 15.0 Å². The van der Waals surface area contributed by atoms with Crippen LogP contribution < -0.4 is 32.3 Å². The molecule has 0 atom stereocenters. The lowest BCUT2D eigenvalue weighted by molar-refractivity contribution is -0.143. The molecule has 0 fully saturated rings. The van der Waals surface area contributed by atoms with Crippen molar-refractivity contribution < 1.29 is 62.8 Å². The van der Waals surface area contributed by atoms with E-state index in [9.17, 15) is 58.9 Å². The molecule has 3 heterocycles. The highest BCUT2D eigenvalue weighted by molar-refractivity contribution is 9.11.